The number of rotatable bonds is 2. The van der Waals surface area contributed by atoms with Crippen LogP contribution in [-0.4, -0.2) is 16.1 Å². The Morgan fingerprint density at radius 2 is 2.24 bits per heavy atom. The summed E-state index contributed by atoms with van der Waals surface area (Å²) in [6, 6.07) is 8.87. The standard InChI is InChI=1S/C14H19N3/c1-2-17-13-9-4-3-7-11(13)16-14(17)12-8-5-6-10-15-12/h3-4,7,9,12,15H,2,5-6,8,10H2,1H3. The summed E-state index contributed by atoms with van der Waals surface area (Å²) < 4.78 is 2.35. The van der Waals surface area contributed by atoms with E-state index in [4.69, 9.17) is 4.98 Å². The molecule has 0 spiro atoms. The number of aromatic nitrogens is 2. The number of para-hydroxylation sites is 2. The predicted molar refractivity (Wildman–Crippen MR) is 70.0 cm³/mol. The van der Waals surface area contributed by atoms with Crippen molar-refractivity contribution in [1.29, 1.82) is 0 Å². The van der Waals surface area contributed by atoms with Gasteiger partial charge in [0.1, 0.15) is 5.82 Å². The fraction of sp³-hybridized carbons (Fsp3) is 0.500. The van der Waals surface area contributed by atoms with Gasteiger partial charge in [0.05, 0.1) is 17.1 Å². The minimum atomic E-state index is 0.441. The zero-order valence-electron chi connectivity index (χ0n) is 10.3. The van der Waals surface area contributed by atoms with E-state index < -0.39 is 0 Å². The van der Waals surface area contributed by atoms with Gasteiger partial charge in [-0.2, -0.15) is 0 Å². The lowest BCUT2D eigenvalue weighted by atomic mass is 10.0. The first-order valence-electron chi connectivity index (χ1n) is 6.58. The van der Waals surface area contributed by atoms with Crippen molar-refractivity contribution in [3.63, 3.8) is 0 Å². The Morgan fingerprint density at radius 1 is 1.35 bits per heavy atom. The molecule has 1 aliphatic heterocycles. The Morgan fingerprint density at radius 3 is 3.00 bits per heavy atom. The normalized spacial score (nSPS) is 20.9. The second-order valence-corrected chi connectivity index (χ2v) is 4.71. The molecule has 1 unspecified atom stereocenters. The van der Waals surface area contributed by atoms with E-state index in [1.807, 2.05) is 0 Å². The van der Waals surface area contributed by atoms with Gasteiger partial charge in [0.2, 0.25) is 0 Å². The van der Waals surface area contributed by atoms with E-state index in [2.05, 4.69) is 41.1 Å². The number of hydrogen-bond donors (Lipinski definition) is 1. The minimum Gasteiger partial charge on any atom is -0.327 e. The number of piperidine rings is 1. The van der Waals surface area contributed by atoms with Crippen molar-refractivity contribution >= 4 is 11.0 Å². The van der Waals surface area contributed by atoms with Crippen LogP contribution >= 0.6 is 0 Å². The third kappa shape index (κ3) is 1.84. The average molecular weight is 229 g/mol. The zero-order chi connectivity index (χ0) is 11.7. The van der Waals surface area contributed by atoms with E-state index in [9.17, 15) is 0 Å². The minimum absolute atomic E-state index is 0.441. The molecule has 17 heavy (non-hydrogen) atoms. The van der Waals surface area contributed by atoms with Gasteiger partial charge in [-0.3, -0.25) is 0 Å². The topological polar surface area (TPSA) is 29.9 Å². The van der Waals surface area contributed by atoms with Crippen LogP contribution in [0.5, 0.6) is 0 Å². The van der Waals surface area contributed by atoms with Crippen LogP contribution in [0.1, 0.15) is 38.1 Å². The van der Waals surface area contributed by atoms with Crippen molar-refractivity contribution in [3.05, 3.63) is 30.1 Å². The summed E-state index contributed by atoms with van der Waals surface area (Å²) in [4.78, 5) is 4.81. The first-order chi connectivity index (χ1) is 8.40. The molecule has 1 aliphatic rings. The highest BCUT2D eigenvalue weighted by molar-refractivity contribution is 5.76. The van der Waals surface area contributed by atoms with E-state index in [1.165, 1.54) is 30.6 Å². The Labute approximate surface area is 102 Å². The number of aryl methyl sites for hydroxylation is 1. The van der Waals surface area contributed by atoms with Crippen LogP contribution in [0.4, 0.5) is 0 Å². The van der Waals surface area contributed by atoms with Crippen LogP contribution in [0.3, 0.4) is 0 Å². The maximum atomic E-state index is 4.81. The summed E-state index contributed by atoms with van der Waals surface area (Å²) in [5, 5.41) is 3.59. The van der Waals surface area contributed by atoms with Gasteiger partial charge in [-0.25, -0.2) is 4.98 Å². The lowest BCUT2D eigenvalue weighted by Gasteiger charge is -2.23. The Bertz CT molecular complexity index is 509. The number of hydrogen-bond acceptors (Lipinski definition) is 2. The Balaban J connectivity index is 2.08. The molecule has 1 atom stereocenters. The highest BCUT2D eigenvalue weighted by Gasteiger charge is 2.20. The zero-order valence-corrected chi connectivity index (χ0v) is 10.3. The molecule has 1 N–H and O–H groups in total. The molecule has 1 saturated heterocycles. The van der Waals surface area contributed by atoms with Crippen LogP contribution in [0, 0.1) is 0 Å². The van der Waals surface area contributed by atoms with Gasteiger partial charge in [0, 0.05) is 6.54 Å². The van der Waals surface area contributed by atoms with Crippen molar-refractivity contribution in [3.8, 4) is 0 Å². The summed E-state index contributed by atoms with van der Waals surface area (Å²) in [6.07, 6.45) is 3.82. The van der Waals surface area contributed by atoms with Gasteiger partial charge in [-0.05, 0) is 38.4 Å². The molecule has 1 aromatic carbocycles. The van der Waals surface area contributed by atoms with Gasteiger partial charge < -0.3 is 9.88 Å². The third-order valence-corrected chi connectivity index (χ3v) is 3.62. The first-order valence-corrected chi connectivity index (χ1v) is 6.58. The monoisotopic (exact) mass is 229 g/mol. The highest BCUT2D eigenvalue weighted by atomic mass is 15.1. The van der Waals surface area contributed by atoms with E-state index in [0.717, 1.165) is 18.6 Å². The number of nitrogens with zero attached hydrogens (tertiary/aromatic N) is 2. The van der Waals surface area contributed by atoms with Gasteiger partial charge in [0.15, 0.2) is 0 Å². The molecule has 0 bridgehead atoms. The number of fused-ring (bicyclic) bond motifs is 1. The quantitative estimate of drug-likeness (QED) is 0.858. The van der Waals surface area contributed by atoms with E-state index in [-0.39, 0.29) is 0 Å². The SMILES string of the molecule is CCn1c(C2CCCCN2)nc2ccccc21. The van der Waals surface area contributed by atoms with Crippen molar-refractivity contribution in [1.82, 2.24) is 14.9 Å². The van der Waals surface area contributed by atoms with E-state index >= 15 is 0 Å². The molecular formula is C14H19N3. The Kier molecular flexibility index (Phi) is 2.85. The fourth-order valence-electron chi connectivity index (χ4n) is 2.76. The van der Waals surface area contributed by atoms with Crippen molar-refractivity contribution in [2.24, 2.45) is 0 Å². The molecule has 0 aliphatic carbocycles. The molecule has 2 heterocycles. The second-order valence-electron chi connectivity index (χ2n) is 4.71. The maximum absolute atomic E-state index is 4.81. The number of benzene rings is 1. The van der Waals surface area contributed by atoms with Crippen molar-refractivity contribution in [2.75, 3.05) is 6.54 Å². The molecule has 3 nitrogen and oxygen atoms in total. The molecular weight excluding hydrogens is 210 g/mol. The van der Waals surface area contributed by atoms with Crippen LogP contribution in [0.15, 0.2) is 24.3 Å². The maximum Gasteiger partial charge on any atom is 0.127 e. The molecule has 2 aromatic rings. The molecule has 0 radical (unpaired) electrons. The largest absolute Gasteiger partial charge is 0.327 e. The Hall–Kier alpha value is -1.35. The van der Waals surface area contributed by atoms with Gasteiger partial charge in [-0.15, -0.1) is 0 Å². The summed E-state index contributed by atoms with van der Waals surface area (Å²) >= 11 is 0. The third-order valence-electron chi connectivity index (χ3n) is 3.62. The van der Waals surface area contributed by atoms with Crippen LogP contribution in [-0.2, 0) is 6.54 Å². The summed E-state index contributed by atoms with van der Waals surface area (Å²) in [5.74, 6) is 1.22. The van der Waals surface area contributed by atoms with Gasteiger partial charge >= 0.3 is 0 Å². The predicted octanol–water partition coefficient (Wildman–Crippen LogP) is 2.87. The molecule has 0 saturated carbocycles. The lowest BCUT2D eigenvalue weighted by molar-refractivity contribution is 0.388. The first kappa shape index (κ1) is 10.8. The van der Waals surface area contributed by atoms with Crippen molar-refractivity contribution in [2.45, 2.75) is 38.8 Å². The van der Waals surface area contributed by atoms with Crippen LogP contribution in [0.2, 0.25) is 0 Å². The van der Waals surface area contributed by atoms with Gasteiger partial charge in [0.25, 0.3) is 0 Å². The van der Waals surface area contributed by atoms with Crippen molar-refractivity contribution < 1.29 is 0 Å². The van der Waals surface area contributed by atoms with Crippen LogP contribution < -0.4 is 5.32 Å². The molecule has 90 valence electrons. The second kappa shape index (κ2) is 4.49. The molecule has 3 rings (SSSR count). The number of imidazole rings is 1. The lowest BCUT2D eigenvalue weighted by Crippen LogP contribution is -2.29. The summed E-state index contributed by atoms with van der Waals surface area (Å²) in [5.41, 5.74) is 2.38. The highest BCUT2D eigenvalue weighted by Crippen LogP contribution is 2.26. The fourth-order valence-corrected chi connectivity index (χ4v) is 2.76. The smallest absolute Gasteiger partial charge is 0.127 e. The van der Waals surface area contributed by atoms with E-state index in [1.54, 1.807) is 0 Å². The summed E-state index contributed by atoms with van der Waals surface area (Å²) in [6.45, 7) is 4.31. The molecule has 1 aromatic heterocycles. The molecule has 3 heteroatoms. The molecule has 1 fully saturated rings. The summed E-state index contributed by atoms with van der Waals surface area (Å²) in [7, 11) is 0. The number of nitrogens with one attached hydrogen (secondary N) is 1. The van der Waals surface area contributed by atoms with Gasteiger partial charge in [-0.1, -0.05) is 18.6 Å². The van der Waals surface area contributed by atoms with E-state index in [0.29, 0.717) is 6.04 Å². The van der Waals surface area contributed by atoms with Crippen LogP contribution in [0.25, 0.3) is 11.0 Å². The molecule has 0 amide bonds. The average Bonchev–Trinajstić information content (AvgIpc) is 2.78.